The lowest BCUT2D eigenvalue weighted by atomic mass is 10.1. The minimum atomic E-state index is -0.962. The SMILES string of the molecule is O=C(O)CN1CCN(C(=O)c2ccc3nc(CO)[nH]c3c2)C[C@H](O)C1. The van der Waals surface area contributed by atoms with E-state index in [9.17, 15) is 14.7 Å². The number of β-amino-alcohol motifs (C(OH)–C–C–N with tert-alkyl or cyclic N) is 1. The fraction of sp³-hybridized carbons (Fsp3) is 0.438. The molecule has 1 aliphatic heterocycles. The molecule has 4 N–H and O–H groups in total. The Hall–Kier alpha value is -2.49. The minimum Gasteiger partial charge on any atom is -0.480 e. The lowest BCUT2D eigenvalue weighted by Gasteiger charge is -2.21. The van der Waals surface area contributed by atoms with Gasteiger partial charge in [-0.2, -0.15) is 0 Å². The molecule has 3 rings (SSSR count). The zero-order chi connectivity index (χ0) is 18.0. The number of amides is 1. The molecular weight excluding hydrogens is 328 g/mol. The molecule has 2 heterocycles. The van der Waals surface area contributed by atoms with Gasteiger partial charge in [-0.05, 0) is 18.2 Å². The second-order valence-electron chi connectivity index (χ2n) is 6.11. The monoisotopic (exact) mass is 348 g/mol. The Balaban J connectivity index is 1.76. The average molecular weight is 348 g/mol. The van der Waals surface area contributed by atoms with Crippen LogP contribution in [0.3, 0.4) is 0 Å². The van der Waals surface area contributed by atoms with Crippen molar-refractivity contribution in [1.29, 1.82) is 0 Å². The smallest absolute Gasteiger partial charge is 0.317 e. The van der Waals surface area contributed by atoms with Gasteiger partial charge in [-0.25, -0.2) is 4.98 Å². The second-order valence-corrected chi connectivity index (χ2v) is 6.11. The van der Waals surface area contributed by atoms with Crippen LogP contribution in [0.2, 0.25) is 0 Å². The van der Waals surface area contributed by atoms with Crippen LogP contribution in [0.5, 0.6) is 0 Å². The zero-order valence-electron chi connectivity index (χ0n) is 13.6. The van der Waals surface area contributed by atoms with Gasteiger partial charge in [0.25, 0.3) is 5.91 Å². The maximum Gasteiger partial charge on any atom is 0.317 e. The summed E-state index contributed by atoms with van der Waals surface area (Å²) >= 11 is 0. The first-order valence-electron chi connectivity index (χ1n) is 7.97. The molecular formula is C16H20N4O5. The number of nitrogens with one attached hydrogen (secondary N) is 1. The Morgan fingerprint density at radius 1 is 1.28 bits per heavy atom. The van der Waals surface area contributed by atoms with Gasteiger partial charge in [-0.3, -0.25) is 14.5 Å². The Labute approximate surface area is 143 Å². The summed E-state index contributed by atoms with van der Waals surface area (Å²) in [4.78, 5) is 33.8. The van der Waals surface area contributed by atoms with Crippen LogP contribution in [0.1, 0.15) is 16.2 Å². The van der Waals surface area contributed by atoms with E-state index in [2.05, 4.69) is 9.97 Å². The van der Waals surface area contributed by atoms with Crippen LogP contribution in [-0.4, -0.2) is 85.8 Å². The van der Waals surface area contributed by atoms with Gasteiger partial charge in [0.2, 0.25) is 0 Å². The van der Waals surface area contributed by atoms with Crippen LogP contribution in [0, 0.1) is 0 Å². The number of benzene rings is 1. The number of nitrogens with zero attached hydrogens (tertiary/aromatic N) is 3. The number of carbonyl (C=O) groups is 2. The topological polar surface area (TPSA) is 130 Å². The molecule has 9 heteroatoms. The third kappa shape index (κ3) is 3.95. The zero-order valence-corrected chi connectivity index (χ0v) is 13.6. The van der Waals surface area contributed by atoms with Crippen molar-refractivity contribution in [3.63, 3.8) is 0 Å². The number of H-pyrrole nitrogens is 1. The molecule has 25 heavy (non-hydrogen) atoms. The summed E-state index contributed by atoms with van der Waals surface area (Å²) in [6, 6.07) is 5.01. The molecule has 0 saturated carbocycles. The molecule has 2 aromatic rings. The molecule has 0 aliphatic carbocycles. The number of rotatable bonds is 4. The molecule has 1 aromatic heterocycles. The molecule has 9 nitrogen and oxygen atoms in total. The van der Waals surface area contributed by atoms with Gasteiger partial charge in [-0.15, -0.1) is 0 Å². The predicted molar refractivity (Wildman–Crippen MR) is 88.0 cm³/mol. The molecule has 1 saturated heterocycles. The largest absolute Gasteiger partial charge is 0.480 e. The van der Waals surface area contributed by atoms with Crippen LogP contribution in [0.25, 0.3) is 11.0 Å². The third-order valence-electron chi connectivity index (χ3n) is 4.16. The summed E-state index contributed by atoms with van der Waals surface area (Å²) in [7, 11) is 0. The lowest BCUT2D eigenvalue weighted by Crippen LogP contribution is -2.37. The van der Waals surface area contributed by atoms with E-state index in [1.54, 1.807) is 23.1 Å². The first-order valence-corrected chi connectivity index (χ1v) is 7.97. The Morgan fingerprint density at radius 3 is 2.80 bits per heavy atom. The number of aliphatic carboxylic acids is 1. The van der Waals surface area contributed by atoms with Crippen molar-refractivity contribution < 1.29 is 24.9 Å². The first kappa shape index (κ1) is 17.3. The highest BCUT2D eigenvalue weighted by Crippen LogP contribution is 2.16. The van der Waals surface area contributed by atoms with E-state index in [0.29, 0.717) is 35.5 Å². The fourth-order valence-corrected chi connectivity index (χ4v) is 3.03. The van der Waals surface area contributed by atoms with E-state index < -0.39 is 12.1 Å². The first-order chi connectivity index (χ1) is 12.0. The molecule has 0 unspecified atom stereocenters. The molecule has 1 fully saturated rings. The van der Waals surface area contributed by atoms with E-state index in [4.69, 9.17) is 10.2 Å². The number of carboxylic acids is 1. The number of fused-ring (bicyclic) bond motifs is 1. The van der Waals surface area contributed by atoms with Gasteiger partial charge in [0.05, 0.1) is 23.7 Å². The third-order valence-corrected chi connectivity index (χ3v) is 4.16. The van der Waals surface area contributed by atoms with E-state index in [0.717, 1.165) is 0 Å². The Kier molecular flexibility index (Phi) is 4.98. The molecule has 1 aromatic carbocycles. The van der Waals surface area contributed by atoms with Gasteiger partial charge in [0.1, 0.15) is 12.4 Å². The second kappa shape index (κ2) is 7.18. The van der Waals surface area contributed by atoms with Gasteiger partial charge >= 0.3 is 5.97 Å². The van der Waals surface area contributed by atoms with Crippen molar-refractivity contribution in [1.82, 2.24) is 19.8 Å². The van der Waals surface area contributed by atoms with Gasteiger partial charge in [-0.1, -0.05) is 0 Å². The van der Waals surface area contributed by atoms with Crippen molar-refractivity contribution >= 4 is 22.9 Å². The fourth-order valence-electron chi connectivity index (χ4n) is 3.03. The highest BCUT2D eigenvalue weighted by atomic mass is 16.4. The number of imidazole rings is 1. The van der Waals surface area contributed by atoms with E-state index in [1.807, 2.05) is 0 Å². The highest BCUT2D eigenvalue weighted by Gasteiger charge is 2.26. The van der Waals surface area contributed by atoms with E-state index in [-0.39, 0.29) is 32.1 Å². The molecule has 1 aliphatic rings. The van der Waals surface area contributed by atoms with Crippen LogP contribution < -0.4 is 0 Å². The van der Waals surface area contributed by atoms with E-state index in [1.165, 1.54) is 4.90 Å². The summed E-state index contributed by atoms with van der Waals surface area (Å²) in [5.74, 6) is -0.774. The molecule has 0 spiro atoms. The normalized spacial score (nSPS) is 19.1. The maximum atomic E-state index is 12.7. The van der Waals surface area contributed by atoms with Crippen molar-refractivity contribution in [2.75, 3.05) is 32.7 Å². The van der Waals surface area contributed by atoms with Crippen LogP contribution >= 0.6 is 0 Å². The number of aliphatic hydroxyl groups is 2. The van der Waals surface area contributed by atoms with Crippen LogP contribution in [0.15, 0.2) is 18.2 Å². The number of hydrogen-bond acceptors (Lipinski definition) is 6. The van der Waals surface area contributed by atoms with Crippen molar-refractivity contribution in [3.8, 4) is 0 Å². The predicted octanol–water partition coefficient (Wildman–Crippen LogP) is -0.741. The molecule has 0 radical (unpaired) electrons. The van der Waals surface area contributed by atoms with E-state index >= 15 is 0 Å². The summed E-state index contributed by atoms with van der Waals surface area (Å²) < 4.78 is 0. The van der Waals surface area contributed by atoms with Crippen LogP contribution in [0.4, 0.5) is 0 Å². The number of aromatic amines is 1. The average Bonchev–Trinajstić information content (AvgIpc) is 2.90. The number of carboxylic acid groups (broad SMARTS) is 1. The van der Waals surface area contributed by atoms with Crippen LogP contribution in [-0.2, 0) is 11.4 Å². The standard InChI is InChI=1S/C16H20N4O5/c21-9-14-17-12-2-1-10(5-13(12)18-14)16(25)20-4-3-19(8-15(23)24)6-11(22)7-20/h1-2,5,11,21-22H,3-4,6-9H2,(H,17,18)(H,23,24)/t11-/m1/s1. The summed E-state index contributed by atoms with van der Waals surface area (Å²) in [6.07, 6.45) is -0.803. The highest BCUT2D eigenvalue weighted by molar-refractivity contribution is 5.97. The lowest BCUT2D eigenvalue weighted by molar-refractivity contribution is -0.138. The Bertz CT molecular complexity index is 790. The molecule has 0 bridgehead atoms. The van der Waals surface area contributed by atoms with Gasteiger partial charge < -0.3 is 25.2 Å². The quantitative estimate of drug-likeness (QED) is 0.572. The van der Waals surface area contributed by atoms with Crippen molar-refractivity contribution in [2.45, 2.75) is 12.7 Å². The number of aromatic nitrogens is 2. The van der Waals surface area contributed by atoms with Gasteiger partial charge in [0.15, 0.2) is 0 Å². The number of hydrogen-bond donors (Lipinski definition) is 4. The molecule has 1 amide bonds. The Morgan fingerprint density at radius 2 is 2.08 bits per heavy atom. The number of aliphatic hydroxyl groups excluding tert-OH is 2. The van der Waals surface area contributed by atoms with Crippen molar-refractivity contribution in [3.05, 3.63) is 29.6 Å². The van der Waals surface area contributed by atoms with Crippen molar-refractivity contribution in [2.24, 2.45) is 0 Å². The minimum absolute atomic E-state index is 0.151. The molecule has 134 valence electrons. The molecule has 1 atom stereocenters. The summed E-state index contributed by atoms with van der Waals surface area (Å²) in [5, 5.41) is 28.1. The maximum absolute atomic E-state index is 12.7. The number of carbonyl (C=O) groups excluding carboxylic acids is 1. The summed E-state index contributed by atoms with van der Waals surface area (Å²) in [5.41, 5.74) is 1.75. The summed E-state index contributed by atoms with van der Waals surface area (Å²) in [6.45, 7) is 0.717. The van der Waals surface area contributed by atoms with Gasteiger partial charge in [0, 0.05) is 31.7 Å².